The van der Waals surface area contributed by atoms with Gasteiger partial charge in [-0.15, -0.1) is 0 Å². The number of carbonyl (C=O) groups is 1. The molecule has 0 aromatic heterocycles. The average molecular weight is 213 g/mol. The second-order valence-electron chi connectivity index (χ2n) is 3.04. The van der Waals surface area contributed by atoms with Gasteiger partial charge in [0.25, 0.3) is 0 Å². The summed E-state index contributed by atoms with van der Waals surface area (Å²) in [5.41, 5.74) is 0.918. The number of carbonyl (C=O) groups excluding carboxylic acids is 1. The molecule has 0 aliphatic carbocycles. The molecule has 2 nitrogen and oxygen atoms in total. The van der Waals surface area contributed by atoms with Crippen molar-refractivity contribution in [3.63, 3.8) is 0 Å². The monoisotopic (exact) mass is 212 g/mol. The summed E-state index contributed by atoms with van der Waals surface area (Å²) < 4.78 is 5.03. The predicted octanol–water partition coefficient (Wildman–Crippen LogP) is 3.18. The first kappa shape index (κ1) is 11.1. The van der Waals surface area contributed by atoms with Gasteiger partial charge in [-0.25, -0.2) is 0 Å². The summed E-state index contributed by atoms with van der Waals surface area (Å²) in [6.45, 7) is 2.25. The fourth-order valence-corrected chi connectivity index (χ4v) is 1.28. The third kappa shape index (κ3) is 3.79. The van der Waals surface area contributed by atoms with E-state index in [1.807, 2.05) is 19.1 Å². The molecule has 0 amide bonds. The maximum absolute atomic E-state index is 11.0. The molecule has 0 saturated carbocycles. The molecule has 0 atom stereocenters. The lowest BCUT2D eigenvalue weighted by Crippen LogP contribution is -2.03. The standard InChI is InChI=1S/C11H13ClO2/c1-2-4-11(13)14-8-9-5-3-6-10(12)7-9/h3,5-7H,2,4,8H2,1H3. The normalized spacial score (nSPS) is 9.86. The van der Waals surface area contributed by atoms with Gasteiger partial charge in [0.15, 0.2) is 0 Å². The van der Waals surface area contributed by atoms with Gasteiger partial charge in [0.1, 0.15) is 6.61 Å². The van der Waals surface area contributed by atoms with Crippen molar-refractivity contribution in [3.8, 4) is 0 Å². The summed E-state index contributed by atoms with van der Waals surface area (Å²) in [4.78, 5) is 11.0. The zero-order valence-corrected chi connectivity index (χ0v) is 8.88. The van der Waals surface area contributed by atoms with E-state index in [2.05, 4.69) is 0 Å². The first-order valence-corrected chi connectivity index (χ1v) is 5.00. The highest BCUT2D eigenvalue weighted by molar-refractivity contribution is 6.30. The second-order valence-corrected chi connectivity index (χ2v) is 3.48. The molecule has 0 saturated heterocycles. The van der Waals surface area contributed by atoms with Gasteiger partial charge in [0, 0.05) is 11.4 Å². The SMILES string of the molecule is CCCC(=O)OCc1cccc(Cl)c1. The molecule has 1 aromatic carbocycles. The van der Waals surface area contributed by atoms with Crippen molar-refractivity contribution in [1.82, 2.24) is 0 Å². The van der Waals surface area contributed by atoms with Gasteiger partial charge >= 0.3 is 5.97 Å². The summed E-state index contributed by atoms with van der Waals surface area (Å²) in [6, 6.07) is 7.30. The Morgan fingerprint density at radius 1 is 1.50 bits per heavy atom. The van der Waals surface area contributed by atoms with Crippen LogP contribution >= 0.6 is 11.6 Å². The zero-order chi connectivity index (χ0) is 10.4. The second kappa shape index (κ2) is 5.66. The number of esters is 1. The lowest BCUT2D eigenvalue weighted by atomic mass is 10.2. The van der Waals surface area contributed by atoms with Crippen LogP contribution in [0.15, 0.2) is 24.3 Å². The Morgan fingerprint density at radius 2 is 2.29 bits per heavy atom. The van der Waals surface area contributed by atoms with Crippen molar-refractivity contribution in [1.29, 1.82) is 0 Å². The van der Waals surface area contributed by atoms with Crippen LogP contribution < -0.4 is 0 Å². The fourth-order valence-electron chi connectivity index (χ4n) is 1.07. The highest BCUT2D eigenvalue weighted by Crippen LogP contribution is 2.11. The Labute approximate surface area is 88.8 Å². The number of ether oxygens (including phenoxy) is 1. The third-order valence-corrected chi connectivity index (χ3v) is 1.98. The molecule has 76 valence electrons. The van der Waals surface area contributed by atoms with E-state index < -0.39 is 0 Å². The molecule has 0 aliphatic rings. The van der Waals surface area contributed by atoms with E-state index in [1.165, 1.54) is 0 Å². The van der Waals surface area contributed by atoms with Crippen molar-refractivity contribution in [3.05, 3.63) is 34.9 Å². The van der Waals surface area contributed by atoms with Gasteiger partial charge in [-0.2, -0.15) is 0 Å². The average Bonchev–Trinajstić information content (AvgIpc) is 2.15. The smallest absolute Gasteiger partial charge is 0.306 e. The van der Waals surface area contributed by atoms with Crippen molar-refractivity contribution in [2.75, 3.05) is 0 Å². The van der Waals surface area contributed by atoms with E-state index in [0.29, 0.717) is 18.1 Å². The van der Waals surface area contributed by atoms with Crippen LogP contribution in [-0.4, -0.2) is 5.97 Å². The highest BCUT2D eigenvalue weighted by Gasteiger charge is 2.01. The van der Waals surface area contributed by atoms with E-state index in [1.54, 1.807) is 12.1 Å². The number of halogens is 1. The summed E-state index contributed by atoms with van der Waals surface area (Å²) in [6.07, 6.45) is 1.29. The Kier molecular flexibility index (Phi) is 4.47. The van der Waals surface area contributed by atoms with E-state index in [9.17, 15) is 4.79 Å². The van der Waals surface area contributed by atoms with Crippen LogP contribution in [0.4, 0.5) is 0 Å². The van der Waals surface area contributed by atoms with Crippen LogP contribution in [0.1, 0.15) is 25.3 Å². The Balaban J connectivity index is 2.41. The molecule has 0 spiro atoms. The Bertz CT molecular complexity index is 310. The van der Waals surface area contributed by atoms with Gasteiger partial charge in [-0.05, 0) is 24.1 Å². The van der Waals surface area contributed by atoms with Crippen molar-refractivity contribution >= 4 is 17.6 Å². The van der Waals surface area contributed by atoms with Gasteiger partial charge in [-0.3, -0.25) is 4.79 Å². The largest absolute Gasteiger partial charge is 0.461 e. The van der Waals surface area contributed by atoms with E-state index >= 15 is 0 Å². The molecular formula is C11H13ClO2. The van der Waals surface area contributed by atoms with Crippen LogP contribution in [0.3, 0.4) is 0 Å². The minimum atomic E-state index is -0.160. The minimum absolute atomic E-state index is 0.160. The minimum Gasteiger partial charge on any atom is -0.461 e. The summed E-state index contributed by atoms with van der Waals surface area (Å²) >= 11 is 5.78. The number of hydrogen-bond donors (Lipinski definition) is 0. The molecule has 0 radical (unpaired) electrons. The van der Waals surface area contributed by atoms with Crippen LogP contribution in [0.5, 0.6) is 0 Å². The van der Waals surface area contributed by atoms with Gasteiger partial charge in [0.2, 0.25) is 0 Å². The zero-order valence-electron chi connectivity index (χ0n) is 8.13. The predicted molar refractivity (Wildman–Crippen MR) is 56.2 cm³/mol. The van der Waals surface area contributed by atoms with E-state index in [-0.39, 0.29) is 5.97 Å². The third-order valence-electron chi connectivity index (χ3n) is 1.74. The highest BCUT2D eigenvalue weighted by atomic mass is 35.5. The number of benzene rings is 1. The van der Waals surface area contributed by atoms with Crippen LogP contribution in [0, 0.1) is 0 Å². The van der Waals surface area contributed by atoms with E-state index in [4.69, 9.17) is 16.3 Å². The molecular weight excluding hydrogens is 200 g/mol. The number of hydrogen-bond acceptors (Lipinski definition) is 2. The molecule has 0 heterocycles. The molecule has 3 heteroatoms. The molecule has 1 rings (SSSR count). The van der Waals surface area contributed by atoms with Gasteiger partial charge in [-0.1, -0.05) is 30.7 Å². The quantitative estimate of drug-likeness (QED) is 0.717. The Morgan fingerprint density at radius 3 is 2.93 bits per heavy atom. The molecule has 0 aliphatic heterocycles. The lowest BCUT2D eigenvalue weighted by Gasteiger charge is -2.03. The van der Waals surface area contributed by atoms with Crippen molar-refractivity contribution in [2.24, 2.45) is 0 Å². The fraction of sp³-hybridized carbons (Fsp3) is 0.364. The maximum atomic E-state index is 11.0. The van der Waals surface area contributed by atoms with Crippen LogP contribution in [-0.2, 0) is 16.1 Å². The van der Waals surface area contributed by atoms with Crippen LogP contribution in [0.2, 0.25) is 5.02 Å². The van der Waals surface area contributed by atoms with Crippen molar-refractivity contribution in [2.45, 2.75) is 26.4 Å². The summed E-state index contributed by atoms with van der Waals surface area (Å²) in [5.74, 6) is -0.160. The van der Waals surface area contributed by atoms with Crippen molar-refractivity contribution < 1.29 is 9.53 Å². The molecule has 0 N–H and O–H groups in total. The molecule has 0 bridgehead atoms. The number of rotatable bonds is 4. The Hall–Kier alpha value is -1.02. The maximum Gasteiger partial charge on any atom is 0.306 e. The lowest BCUT2D eigenvalue weighted by molar-refractivity contribution is -0.144. The molecule has 0 fully saturated rings. The van der Waals surface area contributed by atoms with E-state index in [0.717, 1.165) is 12.0 Å². The molecule has 14 heavy (non-hydrogen) atoms. The topological polar surface area (TPSA) is 26.3 Å². The summed E-state index contributed by atoms with van der Waals surface area (Å²) in [5, 5.41) is 0.661. The molecule has 0 unspecified atom stereocenters. The van der Waals surface area contributed by atoms with Gasteiger partial charge in [0.05, 0.1) is 0 Å². The first-order chi connectivity index (χ1) is 6.72. The first-order valence-electron chi connectivity index (χ1n) is 4.62. The summed E-state index contributed by atoms with van der Waals surface area (Å²) in [7, 11) is 0. The van der Waals surface area contributed by atoms with Gasteiger partial charge < -0.3 is 4.74 Å². The van der Waals surface area contributed by atoms with Crippen LogP contribution in [0.25, 0.3) is 0 Å². The molecule has 1 aromatic rings.